The third kappa shape index (κ3) is 2.66. The Morgan fingerprint density at radius 1 is 1.14 bits per heavy atom. The van der Waals surface area contributed by atoms with Crippen LogP contribution in [0.15, 0.2) is 58.7 Å². The van der Waals surface area contributed by atoms with Crippen LogP contribution in [0.5, 0.6) is 0 Å². The molecule has 0 saturated heterocycles. The summed E-state index contributed by atoms with van der Waals surface area (Å²) >= 11 is 0. The molecular formula is C20H22O. The Kier molecular flexibility index (Phi) is 3.94. The lowest BCUT2D eigenvalue weighted by Gasteiger charge is -2.11. The Balaban J connectivity index is 1.93. The zero-order valence-corrected chi connectivity index (χ0v) is 12.8. The molecule has 1 N–H and O–H groups in total. The average molecular weight is 278 g/mol. The van der Waals surface area contributed by atoms with E-state index in [1.54, 1.807) is 0 Å². The van der Waals surface area contributed by atoms with Gasteiger partial charge in [0.1, 0.15) is 0 Å². The normalized spacial score (nSPS) is 16.5. The van der Waals surface area contributed by atoms with Crippen molar-refractivity contribution in [1.29, 1.82) is 0 Å². The molecule has 0 spiro atoms. The van der Waals surface area contributed by atoms with E-state index in [-0.39, 0.29) is 6.61 Å². The molecule has 0 saturated carbocycles. The van der Waals surface area contributed by atoms with Crippen molar-refractivity contribution in [2.24, 2.45) is 0 Å². The van der Waals surface area contributed by atoms with Crippen LogP contribution in [-0.2, 0) is 0 Å². The summed E-state index contributed by atoms with van der Waals surface area (Å²) in [4.78, 5) is 0. The molecule has 21 heavy (non-hydrogen) atoms. The number of rotatable bonds is 4. The predicted octanol–water partition coefficient (Wildman–Crippen LogP) is 4.91. The van der Waals surface area contributed by atoms with E-state index < -0.39 is 0 Å². The highest BCUT2D eigenvalue weighted by Crippen LogP contribution is 2.43. The molecule has 1 heteroatoms. The molecule has 0 amide bonds. The fourth-order valence-corrected chi connectivity index (χ4v) is 3.24. The summed E-state index contributed by atoms with van der Waals surface area (Å²) in [6.07, 6.45) is 9.78. The van der Waals surface area contributed by atoms with Crippen molar-refractivity contribution in [3.05, 3.63) is 69.8 Å². The smallest absolute Gasteiger partial charge is 0.0434 e. The molecule has 2 aliphatic carbocycles. The largest absolute Gasteiger partial charge is 0.396 e. The topological polar surface area (TPSA) is 20.2 Å². The first-order chi connectivity index (χ1) is 10.2. The highest BCUT2D eigenvalue weighted by atomic mass is 16.2. The molecule has 3 rings (SSSR count). The van der Waals surface area contributed by atoms with E-state index in [4.69, 9.17) is 5.11 Å². The van der Waals surface area contributed by atoms with E-state index in [0.717, 1.165) is 19.3 Å². The van der Waals surface area contributed by atoms with Gasteiger partial charge in [-0.15, -0.1) is 0 Å². The summed E-state index contributed by atoms with van der Waals surface area (Å²) in [6, 6.07) is 8.64. The van der Waals surface area contributed by atoms with Gasteiger partial charge >= 0.3 is 0 Å². The van der Waals surface area contributed by atoms with Crippen LogP contribution in [0.3, 0.4) is 0 Å². The minimum atomic E-state index is 0.272. The Morgan fingerprint density at radius 2 is 1.95 bits per heavy atom. The van der Waals surface area contributed by atoms with Gasteiger partial charge in [0.15, 0.2) is 0 Å². The van der Waals surface area contributed by atoms with Crippen molar-refractivity contribution in [3.63, 3.8) is 0 Å². The van der Waals surface area contributed by atoms with Crippen molar-refractivity contribution < 1.29 is 5.11 Å². The highest BCUT2D eigenvalue weighted by molar-refractivity contribution is 5.99. The number of aliphatic hydroxyl groups is 1. The molecule has 0 atom stereocenters. The zero-order valence-electron chi connectivity index (χ0n) is 12.8. The lowest BCUT2D eigenvalue weighted by Crippen LogP contribution is -1.90. The summed E-state index contributed by atoms with van der Waals surface area (Å²) in [5.74, 6) is 0. The van der Waals surface area contributed by atoms with Gasteiger partial charge in [-0.2, -0.15) is 0 Å². The third-order valence-corrected chi connectivity index (χ3v) is 4.21. The Hall–Kier alpha value is -1.86. The lowest BCUT2D eigenvalue weighted by atomic mass is 9.93. The van der Waals surface area contributed by atoms with Crippen molar-refractivity contribution in [1.82, 2.24) is 0 Å². The highest BCUT2D eigenvalue weighted by Gasteiger charge is 2.23. The Bertz CT molecular complexity index is 680. The van der Waals surface area contributed by atoms with E-state index in [1.165, 1.54) is 39.0 Å². The standard InChI is InChI=1S/C20H22O/c1-14(2)20-18-8-4-3-7-16(18)13-19(20)17-10-9-15(12-17)6-5-11-21/h3-4,7-9,12-13,21H,5-6,10-11H2,1-2H3. The molecule has 1 aromatic carbocycles. The summed E-state index contributed by atoms with van der Waals surface area (Å²) in [5.41, 5.74) is 9.61. The third-order valence-electron chi connectivity index (χ3n) is 4.21. The van der Waals surface area contributed by atoms with Crippen molar-refractivity contribution in [2.45, 2.75) is 33.1 Å². The van der Waals surface area contributed by atoms with E-state index in [2.05, 4.69) is 56.3 Å². The van der Waals surface area contributed by atoms with Crippen LogP contribution < -0.4 is 0 Å². The molecular weight excluding hydrogens is 256 g/mol. The molecule has 0 radical (unpaired) electrons. The maximum atomic E-state index is 8.97. The van der Waals surface area contributed by atoms with Gasteiger partial charge in [-0.1, -0.05) is 47.6 Å². The number of aliphatic hydroxyl groups excluding tert-OH is 1. The van der Waals surface area contributed by atoms with Crippen LogP contribution in [0.1, 0.15) is 44.2 Å². The lowest BCUT2D eigenvalue weighted by molar-refractivity contribution is 0.289. The first kappa shape index (κ1) is 14.1. The summed E-state index contributed by atoms with van der Waals surface area (Å²) < 4.78 is 0. The maximum Gasteiger partial charge on any atom is 0.0434 e. The molecule has 2 aliphatic rings. The van der Waals surface area contributed by atoms with Gasteiger partial charge in [0.05, 0.1) is 0 Å². The first-order valence-corrected chi connectivity index (χ1v) is 7.70. The van der Waals surface area contributed by atoms with Gasteiger partial charge in [-0.25, -0.2) is 0 Å². The zero-order chi connectivity index (χ0) is 14.8. The SMILES string of the molecule is CC(C)=C1C(C2=CC(CCCO)=CC2)=Cc2ccccc21. The van der Waals surface area contributed by atoms with Crippen LogP contribution in [0.2, 0.25) is 0 Å². The predicted molar refractivity (Wildman–Crippen MR) is 89.8 cm³/mol. The second-order valence-electron chi connectivity index (χ2n) is 6.00. The Labute approximate surface area is 127 Å². The molecule has 0 unspecified atom stereocenters. The molecule has 1 aromatic rings. The van der Waals surface area contributed by atoms with Crippen LogP contribution in [0, 0.1) is 0 Å². The van der Waals surface area contributed by atoms with E-state index in [1.807, 2.05) is 0 Å². The fraction of sp³-hybridized carbons (Fsp3) is 0.300. The van der Waals surface area contributed by atoms with Gasteiger partial charge < -0.3 is 5.11 Å². The van der Waals surface area contributed by atoms with Crippen LogP contribution in [-0.4, -0.2) is 11.7 Å². The van der Waals surface area contributed by atoms with Gasteiger partial charge in [-0.05, 0) is 67.0 Å². The number of hydrogen-bond acceptors (Lipinski definition) is 1. The fourth-order valence-electron chi connectivity index (χ4n) is 3.24. The van der Waals surface area contributed by atoms with Crippen molar-refractivity contribution in [2.75, 3.05) is 6.61 Å². The number of fused-ring (bicyclic) bond motifs is 1. The van der Waals surface area contributed by atoms with E-state index in [9.17, 15) is 0 Å². The number of benzene rings is 1. The van der Waals surface area contributed by atoms with Gasteiger partial charge in [0, 0.05) is 6.61 Å². The van der Waals surface area contributed by atoms with Crippen LogP contribution in [0.25, 0.3) is 11.6 Å². The molecule has 1 nitrogen and oxygen atoms in total. The monoisotopic (exact) mass is 278 g/mol. The maximum absolute atomic E-state index is 8.97. The molecule has 0 aromatic heterocycles. The summed E-state index contributed by atoms with van der Waals surface area (Å²) in [5, 5.41) is 8.97. The van der Waals surface area contributed by atoms with Gasteiger partial charge in [-0.3, -0.25) is 0 Å². The summed E-state index contributed by atoms with van der Waals surface area (Å²) in [6.45, 7) is 4.66. The quantitative estimate of drug-likeness (QED) is 0.830. The van der Waals surface area contributed by atoms with Gasteiger partial charge in [0.25, 0.3) is 0 Å². The average Bonchev–Trinajstić information content (AvgIpc) is 3.08. The number of hydrogen-bond donors (Lipinski definition) is 1. The second-order valence-corrected chi connectivity index (χ2v) is 6.00. The molecule has 0 fully saturated rings. The van der Waals surface area contributed by atoms with Crippen LogP contribution >= 0.6 is 0 Å². The molecule has 0 bridgehead atoms. The Morgan fingerprint density at radius 3 is 2.71 bits per heavy atom. The molecule has 0 aliphatic heterocycles. The van der Waals surface area contributed by atoms with E-state index in [0.29, 0.717) is 0 Å². The molecule has 0 heterocycles. The summed E-state index contributed by atoms with van der Waals surface area (Å²) in [7, 11) is 0. The van der Waals surface area contributed by atoms with E-state index >= 15 is 0 Å². The minimum Gasteiger partial charge on any atom is -0.396 e. The minimum absolute atomic E-state index is 0.272. The van der Waals surface area contributed by atoms with Crippen molar-refractivity contribution >= 4 is 11.6 Å². The molecule has 108 valence electrons. The van der Waals surface area contributed by atoms with Crippen molar-refractivity contribution in [3.8, 4) is 0 Å². The second kappa shape index (κ2) is 5.87. The van der Waals surface area contributed by atoms with Crippen LogP contribution in [0.4, 0.5) is 0 Å². The first-order valence-electron chi connectivity index (χ1n) is 7.70. The number of allylic oxidation sites excluding steroid dienone is 7. The van der Waals surface area contributed by atoms with Gasteiger partial charge in [0.2, 0.25) is 0 Å².